The van der Waals surface area contributed by atoms with E-state index in [1.165, 1.54) is 32.4 Å². The summed E-state index contributed by atoms with van der Waals surface area (Å²) < 4.78 is 0. The SMILES string of the molecule is CS/C=C\CC1CCNCC1. The highest BCUT2D eigenvalue weighted by Gasteiger charge is 2.10. The van der Waals surface area contributed by atoms with Crippen molar-refractivity contribution in [1.82, 2.24) is 5.32 Å². The van der Waals surface area contributed by atoms with Gasteiger partial charge in [0.2, 0.25) is 0 Å². The summed E-state index contributed by atoms with van der Waals surface area (Å²) in [6.45, 7) is 2.44. The van der Waals surface area contributed by atoms with Crippen molar-refractivity contribution < 1.29 is 0 Å². The zero-order chi connectivity index (χ0) is 7.94. The monoisotopic (exact) mass is 171 g/mol. The summed E-state index contributed by atoms with van der Waals surface area (Å²) in [6, 6.07) is 0. The lowest BCUT2D eigenvalue weighted by Crippen LogP contribution is -2.27. The molecular weight excluding hydrogens is 154 g/mol. The summed E-state index contributed by atoms with van der Waals surface area (Å²) in [6.07, 6.45) is 8.42. The number of thioether (sulfide) groups is 1. The summed E-state index contributed by atoms with van der Waals surface area (Å²) in [4.78, 5) is 0. The molecule has 1 saturated heterocycles. The maximum absolute atomic E-state index is 3.38. The third kappa shape index (κ3) is 3.82. The Morgan fingerprint density at radius 3 is 2.82 bits per heavy atom. The van der Waals surface area contributed by atoms with Gasteiger partial charge in [0.1, 0.15) is 0 Å². The van der Waals surface area contributed by atoms with E-state index in [4.69, 9.17) is 0 Å². The van der Waals surface area contributed by atoms with Crippen molar-refractivity contribution in [2.75, 3.05) is 19.3 Å². The van der Waals surface area contributed by atoms with Gasteiger partial charge in [-0.25, -0.2) is 0 Å². The summed E-state index contributed by atoms with van der Waals surface area (Å²) in [5.74, 6) is 0.944. The van der Waals surface area contributed by atoms with Crippen LogP contribution in [0.5, 0.6) is 0 Å². The van der Waals surface area contributed by atoms with E-state index in [1.807, 2.05) is 0 Å². The zero-order valence-corrected chi connectivity index (χ0v) is 7.99. The Kier molecular flexibility index (Phi) is 4.71. The first kappa shape index (κ1) is 9.14. The van der Waals surface area contributed by atoms with E-state index >= 15 is 0 Å². The minimum Gasteiger partial charge on any atom is -0.317 e. The average molecular weight is 171 g/mol. The molecule has 0 atom stereocenters. The Balaban J connectivity index is 2.09. The van der Waals surface area contributed by atoms with Gasteiger partial charge in [0.05, 0.1) is 0 Å². The molecule has 0 bridgehead atoms. The molecule has 0 radical (unpaired) electrons. The van der Waals surface area contributed by atoms with Crippen LogP contribution in [-0.4, -0.2) is 19.3 Å². The van der Waals surface area contributed by atoms with Crippen LogP contribution in [0.4, 0.5) is 0 Å². The molecule has 0 aromatic rings. The molecule has 0 aliphatic carbocycles. The van der Waals surface area contributed by atoms with Gasteiger partial charge in [-0.15, -0.1) is 11.8 Å². The molecule has 1 N–H and O–H groups in total. The Hall–Kier alpha value is 0.0500. The van der Waals surface area contributed by atoms with E-state index in [1.54, 1.807) is 11.8 Å². The fraction of sp³-hybridized carbons (Fsp3) is 0.778. The van der Waals surface area contributed by atoms with Crippen molar-refractivity contribution in [3.05, 3.63) is 11.5 Å². The molecule has 1 aliphatic rings. The number of rotatable bonds is 3. The van der Waals surface area contributed by atoms with Crippen LogP contribution in [0.3, 0.4) is 0 Å². The van der Waals surface area contributed by atoms with Gasteiger partial charge in [-0.05, 0) is 49.9 Å². The number of allylic oxidation sites excluding steroid dienone is 1. The second kappa shape index (κ2) is 5.67. The van der Waals surface area contributed by atoms with Crippen molar-refractivity contribution >= 4 is 11.8 Å². The Morgan fingerprint density at radius 2 is 2.18 bits per heavy atom. The molecule has 0 saturated carbocycles. The smallest absolute Gasteiger partial charge is 0.00462 e. The maximum atomic E-state index is 3.38. The van der Waals surface area contributed by atoms with Crippen molar-refractivity contribution in [3.8, 4) is 0 Å². The molecule has 0 aromatic heterocycles. The molecule has 0 amide bonds. The predicted octanol–water partition coefficient (Wildman–Crippen LogP) is 2.25. The lowest BCUT2D eigenvalue weighted by atomic mass is 9.95. The molecule has 1 aliphatic heterocycles. The van der Waals surface area contributed by atoms with Gasteiger partial charge >= 0.3 is 0 Å². The number of nitrogens with one attached hydrogen (secondary N) is 1. The van der Waals surface area contributed by atoms with E-state index < -0.39 is 0 Å². The van der Waals surface area contributed by atoms with E-state index in [-0.39, 0.29) is 0 Å². The fourth-order valence-electron chi connectivity index (χ4n) is 1.46. The third-order valence-electron chi connectivity index (χ3n) is 2.16. The number of hydrogen-bond donors (Lipinski definition) is 1. The van der Waals surface area contributed by atoms with Gasteiger partial charge in [0, 0.05) is 0 Å². The molecule has 0 aromatic carbocycles. The second-order valence-corrected chi connectivity index (χ2v) is 3.78. The van der Waals surface area contributed by atoms with Crippen LogP contribution in [0.25, 0.3) is 0 Å². The van der Waals surface area contributed by atoms with Gasteiger partial charge < -0.3 is 5.32 Å². The predicted molar refractivity (Wildman–Crippen MR) is 52.9 cm³/mol. The Labute approximate surface area is 73.6 Å². The highest BCUT2D eigenvalue weighted by molar-refractivity contribution is 8.01. The van der Waals surface area contributed by atoms with Crippen LogP contribution >= 0.6 is 11.8 Å². The van der Waals surface area contributed by atoms with Crippen molar-refractivity contribution in [3.63, 3.8) is 0 Å². The minimum absolute atomic E-state index is 0.944. The standard InChI is InChI=1S/C9H17NS/c1-11-8-2-3-9-4-6-10-7-5-9/h2,8-10H,3-7H2,1H3/b8-2-. The van der Waals surface area contributed by atoms with Crippen molar-refractivity contribution in [2.24, 2.45) is 5.92 Å². The normalized spacial score (nSPS) is 21.2. The molecule has 1 heterocycles. The van der Waals surface area contributed by atoms with Gasteiger partial charge in [0.25, 0.3) is 0 Å². The molecule has 0 spiro atoms. The third-order valence-corrected chi connectivity index (χ3v) is 2.63. The van der Waals surface area contributed by atoms with E-state index in [2.05, 4.69) is 23.1 Å². The average Bonchev–Trinajstić information content (AvgIpc) is 2.07. The number of hydrogen-bond acceptors (Lipinski definition) is 2. The summed E-state index contributed by atoms with van der Waals surface area (Å²) >= 11 is 1.79. The van der Waals surface area contributed by atoms with E-state index in [9.17, 15) is 0 Å². The summed E-state index contributed by atoms with van der Waals surface area (Å²) in [5, 5.41) is 5.57. The first-order valence-corrected chi connectivity index (χ1v) is 5.61. The summed E-state index contributed by atoms with van der Waals surface area (Å²) in [7, 11) is 0. The largest absolute Gasteiger partial charge is 0.317 e. The lowest BCUT2D eigenvalue weighted by Gasteiger charge is -2.20. The van der Waals surface area contributed by atoms with E-state index in [0.717, 1.165) is 5.92 Å². The highest BCUT2D eigenvalue weighted by atomic mass is 32.2. The van der Waals surface area contributed by atoms with Gasteiger partial charge in [-0.1, -0.05) is 6.08 Å². The molecule has 2 heteroatoms. The Bertz CT molecular complexity index is 117. The van der Waals surface area contributed by atoms with Crippen LogP contribution in [0.15, 0.2) is 11.5 Å². The first-order valence-electron chi connectivity index (χ1n) is 4.32. The van der Waals surface area contributed by atoms with Crippen LogP contribution in [0.2, 0.25) is 0 Å². The molecule has 64 valence electrons. The van der Waals surface area contributed by atoms with Gasteiger partial charge in [0.15, 0.2) is 0 Å². The van der Waals surface area contributed by atoms with Crippen molar-refractivity contribution in [2.45, 2.75) is 19.3 Å². The second-order valence-electron chi connectivity index (χ2n) is 3.04. The highest BCUT2D eigenvalue weighted by Crippen LogP contribution is 2.16. The molecular formula is C9H17NS. The van der Waals surface area contributed by atoms with Gasteiger partial charge in [-0.2, -0.15) is 0 Å². The molecule has 1 nitrogen and oxygen atoms in total. The molecule has 0 unspecified atom stereocenters. The fourth-order valence-corrected chi connectivity index (χ4v) is 1.77. The zero-order valence-electron chi connectivity index (χ0n) is 7.18. The van der Waals surface area contributed by atoms with Crippen LogP contribution in [-0.2, 0) is 0 Å². The molecule has 11 heavy (non-hydrogen) atoms. The quantitative estimate of drug-likeness (QED) is 0.699. The topological polar surface area (TPSA) is 12.0 Å². The Morgan fingerprint density at radius 1 is 1.45 bits per heavy atom. The van der Waals surface area contributed by atoms with E-state index in [0.29, 0.717) is 0 Å². The van der Waals surface area contributed by atoms with Gasteiger partial charge in [-0.3, -0.25) is 0 Å². The van der Waals surface area contributed by atoms with Crippen molar-refractivity contribution in [1.29, 1.82) is 0 Å². The van der Waals surface area contributed by atoms with Crippen LogP contribution in [0, 0.1) is 5.92 Å². The summed E-state index contributed by atoms with van der Waals surface area (Å²) in [5.41, 5.74) is 0. The molecule has 1 fully saturated rings. The first-order chi connectivity index (χ1) is 5.43. The molecule has 1 rings (SSSR count). The minimum atomic E-state index is 0.944. The lowest BCUT2D eigenvalue weighted by molar-refractivity contribution is 0.378. The maximum Gasteiger partial charge on any atom is -0.00462 e. The number of piperidine rings is 1. The van der Waals surface area contributed by atoms with Crippen LogP contribution in [0.1, 0.15) is 19.3 Å². The van der Waals surface area contributed by atoms with Crippen LogP contribution < -0.4 is 5.32 Å².